The van der Waals surface area contributed by atoms with E-state index >= 15 is 0 Å². The molecule has 3 nitrogen and oxygen atoms in total. The van der Waals surface area contributed by atoms with Crippen molar-refractivity contribution in [1.82, 2.24) is 9.88 Å². The molecule has 0 radical (unpaired) electrons. The minimum atomic E-state index is -0.467. The lowest BCUT2D eigenvalue weighted by molar-refractivity contribution is -0.128. The molecular formula is C27H28N2OS. The van der Waals surface area contributed by atoms with Gasteiger partial charge in [-0.05, 0) is 47.7 Å². The average molecular weight is 429 g/mol. The summed E-state index contributed by atoms with van der Waals surface area (Å²) in [6, 6.07) is 24.8. The van der Waals surface area contributed by atoms with E-state index < -0.39 is 5.41 Å². The number of Topliss-reactive ketones (excluding diaryl/α,β-unsaturated/α-hetero) is 1. The van der Waals surface area contributed by atoms with E-state index in [1.165, 1.54) is 10.5 Å². The van der Waals surface area contributed by atoms with E-state index in [9.17, 15) is 4.79 Å². The SMILES string of the molecule is CSc1ccc(C2/C(=C\c3ccccn3)C(=O)C(C)(C)CN2Cc2ccccc2)cc1. The average Bonchev–Trinajstić information content (AvgIpc) is 2.79. The van der Waals surface area contributed by atoms with Gasteiger partial charge in [0.25, 0.3) is 0 Å². The van der Waals surface area contributed by atoms with Gasteiger partial charge in [-0.15, -0.1) is 11.8 Å². The molecule has 1 unspecified atom stereocenters. The van der Waals surface area contributed by atoms with E-state index in [0.29, 0.717) is 6.54 Å². The Morgan fingerprint density at radius 2 is 1.74 bits per heavy atom. The maximum Gasteiger partial charge on any atom is 0.167 e. The van der Waals surface area contributed by atoms with Crippen LogP contribution in [0.1, 0.15) is 36.7 Å². The maximum atomic E-state index is 13.6. The summed E-state index contributed by atoms with van der Waals surface area (Å²) >= 11 is 1.73. The zero-order chi connectivity index (χ0) is 21.8. The van der Waals surface area contributed by atoms with Crippen molar-refractivity contribution in [2.45, 2.75) is 31.3 Å². The molecule has 4 rings (SSSR count). The van der Waals surface area contributed by atoms with Gasteiger partial charge in [0.1, 0.15) is 0 Å². The molecular weight excluding hydrogens is 400 g/mol. The number of benzene rings is 2. The summed E-state index contributed by atoms with van der Waals surface area (Å²) < 4.78 is 0. The second-order valence-corrected chi connectivity index (χ2v) is 9.51. The normalized spacial score (nSPS) is 20.2. The minimum Gasteiger partial charge on any atom is -0.294 e. The lowest BCUT2D eigenvalue weighted by atomic mass is 9.74. The highest BCUT2D eigenvalue weighted by Crippen LogP contribution is 2.42. The molecule has 158 valence electrons. The van der Waals surface area contributed by atoms with Crippen molar-refractivity contribution >= 4 is 23.6 Å². The Bertz CT molecular complexity index is 1060. The van der Waals surface area contributed by atoms with Crippen LogP contribution in [0, 0.1) is 5.41 Å². The summed E-state index contributed by atoms with van der Waals surface area (Å²) in [6.07, 6.45) is 5.83. The number of hydrogen-bond donors (Lipinski definition) is 0. The van der Waals surface area contributed by atoms with Gasteiger partial charge in [-0.1, -0.05) is 62.4 Å². The van der Waals surface area contributed by atoms with Crippen LogP contribution in [0.5, 0.6) is 0 Å². The number of hydrogen-bond acceptors (Lipinski definition) is 4. The molecule has 4 heteroatoms. The first kappa shape index (κ1) is 21.5. The lowest BCUT2D eigenvalue weighted by Gasteiger charge is -2.44. The van der Waals surface area contributed by atoms with Crippen molar-refractivity contribution in [3.8, 4) is 0 Å². The molecule has 3 aromatic rings. The molecule has 31 heavy (non-hydrogen) atoms. The highest BCUT2D eigenvalue weighted by molar-refractivity contribution is 7.98. The van der Waals surface area contributed by atoms with Crippen LogP contribution in [0.4, 0.5) is 0 Å². The van der Waals surface area contributed by atoms with E-state index in [1.54, 1.807) is 18.0 Å². The molecule has 2 aromatic carbocycles. The van der Waals surface area contributed by atoms with Gasteiger partial charge >= 0.3 is 0 Å². The van der Waals surface area contributed by atoms with Gasteiger partial charge in [0, 0.05) is 35.2 Å². The Morgan fingerprint density at radius 1 is 1.03 bits per heavy atom. The van der Waals surface area contributed by atoms with Crippen LogP contribution in [-0.2, 0) is 11.3 Å². The number of nitrogens with zero attached hydrogens (tertiary/aromatic N) is 2. The van der Waals surface area contributed by atoms with Crippen LogP contribution in [-0.4, -0.2) is 28.5 Å². The summed E-state index contributed by atoms with van der Waals surface area (Å²) in [7, 11) is 0. The van der Waals surface area contributed by atoms with Crippen LogP contribution in [0.2, 0.25) is 0 Å². The van der Waals surface area contributed by atoms with Gasteiger partial charge in [0.15, 0.2) is 5.78 Å². The Kier molecular flexibility index (Phi) is 6.40. The van der Waals surface area contributed by atoms with Crippen LogP contribution in [0.3, 0.4) is 0 Å². The fraction of sp³-hybridized carbons (Fsp3) is 0.259. The largest absolute Gasteiger partial charge is 0.294 e. The molecule has 0 aliphatic carbocycles. The third-order valence-electron chi connectivity index (χ3n) is 5.79. The summed E-state index contributed by atoms with van der Waals surface area (Å²) in [4.78, 5) is 21.7. The number of thioether (sulfide) groups is 1. The number of aromatic nitrogens is 1. The predicted molar refractivity (Wildman–Crippen MR) is 129 cm³/mol. The zero-order valence-corrected chi connectivity index (χ0v) is 19.1. The van der Waals surface area contributed by atoms with E-state index in [-0.39, 0.29) is 11.8 Å². The summed E-state index contributed by atoms with van der Waals surface area (Å²) in [5, 5.41) is 0. The molecule has 1 aliphatic rings. The van der Waals surface area contributed by atoms with E-state index in [0.717, 1.165) is 23.4 Å². The van der Waals surface area contributed by atoms with Gasteiger partial charge in [-0.2, -0.15) is 0 Å². The van der Waals surface area contributed by atoms with Crippen LogP contribution < -0.4 is 0 Å². The third kappa shape index (κ3) is 4.81. The number of pyridine rings is 1. The molecule has 0 spiro atoms. The van der Waals surface area contributed by atoms with Crippen LogP contribution in [0.15, 0.2) is 89.5 Å². The Labute approximate surface area is 189 Å². The fourth-order valence-electron chi connectivity index (χ4n) is 4.29. The molecule has 1 fully saturated rings. The van der Waals surface area contributed by atoms with Crippen molar-refractivity contribution in [2.24, 2.45) is 5.41 Å². The summed E-state index contributed by atoms with van der Waals surface area (Å²) in [5.41, 5.74) is 3.54. The van der Waals surface area contributed by atoms with Crippen molar-refractivity contribution in [3.63, 3.8) is 0 Å². The number of ketones is 1. The van der Waals surface area contributed by atoms with Gasteiger partial charge in [0.2, 0.25) is 0 Å². The monoisotopic (exact) mass is 428 g/mol. The number of rotatable bonds is 5. The third-order valence-corrected chi connectivity index (χ3v) is 6.53. The Balaban J connectivity index is 1.83. The topological polar surface area (TPSA) is 33.2 Å². The van der Waals surface area contributed by atoms with Crippen molar-refractivity contribution in [3.05, 3.63) is 101 Å². The summed E-state index contributed by atoms with van der Waals surface area (Å²) in [5.74, 6) is 0.196. The predicted octanol–water partition coefficient (Wildman–Crippen LogP) is 6.04. The molecule has 0 N–H and O–H groups in total. The number of carbonyl (C=O) groups is 1. The number of likely N-dealkylation sites (tertiary alicyclic amines) is 1. The lowest BCUT2D eigenvalue weighted by Crippen LogP contribution is -2.49. The standard InChI is InChI=1S/C27H28N2OS/c1-27(2)19-29(18-20-9-5-4-6-10-20)25(21-12-14-23(31-3)15-13-21)24(26(27)30)17-22-11-7-8-16-28-22/h4-17,25H,18-19H2,1-3H3/b24-17+. The maximum absolute atomic E-state index is 13.6. The van der Waals surface area contributed by atoms with Crippen LogP contribution >= 0.6 is 11.8 Å². The first-order valence-electron chi connectivity index (χ1n) is 10.6. The molecule has 1 aromatic heterocycles. The van der Waals surface area contributed by atoms with Gasteiger partial charge in [0.05, 0.1) is 11.7 Å². The van der Waals surface area contributed by atoms with E-state index in [4.69, 9.17) is 0 Å². The van der Waals surface area contributed by atoms with Crippen molar-refractivity contribution in [2.75, 3.05) is 12.8 Å². The number of piperidine rings is 1. The quantitative estimate of drug-likeness (QED) is 0.366. The molecule has 2 heterocycles. The van der Waals surface area contributed by atoms with Gasteiger partial charge in [-0.3, -0.25) is 14.7 Å². The molecule has 1 aliphatic heterocycles. The zero-order valence-electron chi connectivity index (χ0n) is 18.3. The second-order valence-electron chi connectivity index (χ2n) is 8.63. The second kappa shape index (κ2) is 9.21. The van der Waals surface area contributed by atoms with Gasteiger partial charge < -0.3 is 0 Å². The summed E-state index contributed by atoms with van der Waals surface area (Å²) in [6.45, 7) is 5.58. The number of carbonyl (C=O) groups excluding carboxylic acids is 1. The molecule has 0 saturated carbocycles. The molecule has 0 bridgehead atoms. The first-order valence-corrected chi connectivity index (χ1v) is 11.8. The smallest absolute Gasteiger partial charge is 0.167 e. The van der Waals surface area contributed by atoms with E-state index in [1.807, 2.05) is 44.2 Å². The highest BCUT2D eigenvalue weighted by Gasteiger charge is 2.43. The molecule has 0 amide bonds. The van der Waals surface area contributed by atoms with Gasteiger partial charge in [-0.25, -0.2) is 0 Å². The van der Waals surface area contributed by atoms with Crippen molar-refractivity contribution < 1.29 is 4.79 Å². The first-order chi connectivity index (χ1) is 15.0. The molecule has 1 atom stereocenters. The Hall–Kier alpha value is -2.69. The van der Waals surface area contributed by atoms with Crippen molar-refractivity contribution in [1.29, 1.82) is 0 Å². The Morgan fingerprint density at radius 3 is 2.39 bits per heavy atom. The highest BCUT2D eigenvalue weighted by atomic mass is 32.2. The fourth-order valence-corrected chi connectivity index (χ4v) is 4.70. The van der Waals surface area contributed by atoms with E-state index in [2.05, 4.69) is 64.7 Å². The van der Waals surface area contributed by atoms with Crippen LogP contribution in [0.25, 0.3) is 6.08 Å². The molecule has 1 saturated heterocycles. The minimum absolute atomic E-state index is 0.112.